The highest BCUT2D eigenvalue weighted by Gasteiger charge is 2.35. The van der Waals surface area contributed by atoms with Crippen LogP contribution in [0.2, 0.25) is 26.2 Å². The van der Waals surface area contributed by atoms with Gasteiger partial charge in [-0.1, -0.05) is 30.2 Å². The Morgan fingerprint density at radius 3 is 1.20 bits per heavy atom. The van der Waals surface area contributed by atoms with Crippen LogP contribution in [-0.2, 0) is 26.6 Å². The van der Waals surface area contributed by atoms with Crippen molar-refractivity contribution in [2.75, 3.05) is 61.3 Å². The molecular formula is C21H46O9Si5. The van der Waals surface area contributed by atoms with Gasteiger partial charge >= 0.3 is 18.3 Å². The van der Waals surface area contributed by atoms with Crippen LogP contribution in [0.15, 0.2) is 22.8 Å². The Bertz CT molecular complexity index is 606. The van der Waals surface area contributed by atoms with Crippen molar-refractivity contribution in [3.05, 3.63) is 22.8 Å². The molecule has 0 fully saturated rings. The zero-order valence-electron chi connectivity index (χ0n) is 23.0. The van der Waals surface area contributed by atoms with Gasteiger partial charge in [0.25, 0.3) is 0 Å². The third-order valence-corrected chi connectivity index (χ3v) is 15.0. The highest BCUT2D eigenvalue weighted by Crippen LogP contribution is 2.14. The van der Waals surface area contributed by atoms with Crippen LogP contribution in [0, 0.1) is 23.9 Å². The maximum absolute atomic E-state index is 9.38. The lowest BCUT2D eigenvalue weighted by molar-refractivity contribution is 0.138. The van der Waals surface area contributed by atoms with E-state index in [2.05, 4.69) is 24.2 Å². The van der Waals surface area contributed by atoms with E-state index in [1.54, 1.807) is 42.7 Å². The van der Waals surface area contributed by atoms with Gasteiger partial charge in [-0.25, -0.2) is 0 Å². The molecule has 0 aromatic heterocycles. The molecule has 204 valence electrons. The van der Waals surface area contributed by atoms with Crippen LogP contribution in [0.25, 0.3) is 0 Å². The summed E-state index contributed by atoms with van der Waals surface area (Å²) in [4.78, 5) is 0. The first kappa shape index (κ1) is 38.8. The highest BCUT2D eigenvalue weighted by atomic mass is 28.4. The maximum Gasteiger partial charge on any atom is 0.528 e. The third kappa shape index (κ3) is 17.4. The summed E-state index contributed by atoms with van der Waals surface area (Å²) in [5, 5.41) is 28.1. The highest BCUT2D eigenvalue weighted by molar-refractivity contribution is 6.92. The van der Waals surface area contributed by atoms with Gasteiger partial charge in [0.2, 0.25) is 8.07 Å². The molecule has 0 aliphatic heterocycles. The number of aliphatic hydroxyl groups is 3. The van der Waals surface area contributed by atoms with Crippen LogP contribution in [0.4, 0.5) is 0 Å². The molecule has 0 aromatic rings. The standard InChI is InChI=1S/C12H28O6Si3.C6H8Si.C3H10O3Si/c1-16-21(17-2,18-3)9-7-19(4,5)6-8-20(10-13,11-14)12-15;1-5-7(3,4)6-2;1-4-7(5-2)6-3/h6-9,13-15H,10-12H2,1-5H3;1-2H,3-4H3;7H,1-3H3. The van der Waals surface area contributed by atoms with Crippen molar-refractivity contribution >= 4 is 42.6 Å². The van der Waals surface area contributed by atoms with Crippen LogP contribution in [0.5, 0.6) is 0 Å². The lowest BCUT2D eigenvalue weighted by Gasteiger charge is -2.24. The van der Waals surface area contributed by atoms with Crippen LogP contribution in [0.1, 0.15) is 0 Å². The van der Waals surface area contributed by atoms with E-state index in [1.807, 2.05) is 35.9 Å². The molecule has 0 spiro atoms. The van der Waals surface area contributed by atoms with Gasteiger partial charge in [0.1, 0.15) is 0 Å². The zero-order chi connectivity index (χ0) is 28.2. The first-order valence-corrected chi connectivity index (χ1v) is 22.7. The summed E-state index contributed by atoms with van der Waals surface area (Å²) in [5.41, 5.74) is 12.9. The molecule has 3 N–H and O–H groups in total. The molecule has 0 aliphatic carbocycles. The summed E-state index contributed by atoms with van der Waals surface area (Å²) in [6.45, 7) is 8.14. The van der Waals surface area contributed by atoms with Gasteiger partial charge in [-0.2, -0.15) is 0 Å². The second kappa shape index (κ2) is 20.4. The molecule has 0 heterocycles. The van der Waals surface area contributed by atoms with Crippen molar-refractivity contribution in [3.63, 3.8) is 0 Å². The Morgan fingerprint density at radius 2 is 1.00 bits per heavy atom. The summed E-state index contributed by atoms with van der Waals surface area (Å²) in [6, 6.07) is 0. The smallest absolute Gasteiger partial charge is 0.399 e. The molecule has 0 rings (SSSR count). The monoisotopic (exact) mass is 582 g/mol. The molecule has 0 unspecified atom stereocenters. The van der Waals surface area contributed by atoms with Crippen molar-refractivity contribution in [1.29, 1.82) is 0 Å². The number of aliphatic hydroxyl groups excluding tert-OH is 3. The molecule has 0 saturated heterocycles. The van der Waals surface area contributed by atoms with Crippen molar-refractivity contribution in [2.45, 2.75) is 26.2 Å². The van der Waals surface area contributed by atoms with Gasteiger partial charge in [-0.05, 0) is 18.8 Å². The molecule has 0 radical (unpaired) electrons. The summed E-state index contributed by atoms with van der Waals surface area (Å²) >= 11 is 0. The van der Waals surface area contributed by atoms with Crippen molar-refractivity contribution in [3.8, 4) is 23.9 Å². The fraction of sp³-hybridized carbons (Fsp3) is 0.619. The topological polar surface area (TPSA) is 116 Å². The Morgan fingerprint density at radius 1 is 0.657 bits per heavy atom. The van der Waals surface area contributed by atoms with E-state index in [0.29, 0.717) is 0 Å². The Kier molecular flexibility index (Phi) is 22.6. The van der Waals surface area contributed by atoms with Gasteiger partial charge < -0.3 is 41.9 Å². The molecule has 0 amide bonds. The second-order valence-corrected chi connectivity index (χ2v) is 25.4. The van der Waals surface area contributed by atoms with Crippen molar-refractivity contribution in [2.24, 2.45) is 0 Å². The Balaban J connectivity index is -0.000000594. The number of hydrogen-bond donors (Lipinski definition) is 3. The molecule has 14 heteroatoms. The fourth-order valence-electron chi connectivity index (χ4n) is 1.86. The number of terminal acetylenes is 2. The van der Waals surface area contributed by atoms with Gasteiger partial charge in [-0.3, -0.25) is 0 Å². The SMILES string of the molecule is C#C[Si](C)(C)C#C.CO[SiH](OC)OC.CO[Si](C=C[Si](C)(C)C=C[Si](CO)(CO)CO)(OC)OC. The third-order valence-electron chi connectivity index (χ3n) is 4.68. The molecule has 0 aromatic carbocycles. The van der Waals surface area contributed by atoms with Gasteiger partial charge in [-0.15, -0.1) is 23.9 Å². The van der Waals surface area contributed by atoms with Gasteiger partial charge in [0.05, 0.1) is 8.07 Å². The number of hydrogen-bond acceptors (Lipinski definition) is 9. The van der Waals surface area contributed by atoms with E-state index in [4.69, 9.17) is 39.4 Å². The van der Waals surface area contributed by atoms with E-state index in [0.717, 1.165) is 0 Å². The maximum atomic E-state index is 9.38. The lowest BCUT2D eigenvalue weighted by Crippen LogP contribution is -2.47. The summed E-state index contributed by atoms with van der Waals surface area (Å²) in [7, 11) is -1.05. The van der Waals surface area contributed by atoms with Crippen molar-refractivity contribution < 1.29 is 41.9 Å². The normalized spacial score (nSPS) is 12.6. The van der Waals surface area contributed by atoms with Gasteiger partial charge in [0, 0.05) is 61.3 Å². The Labute approximate surface area is 218 Å². The minimum absolute atomic E-state index is 0.169. The van der Waals surface area contributed by atoms with Crippen LogP contribution in [0.3, 0.4) is 0 Å². The largest absolute Gasteiger partial charge is 0.528 e. The molecule has 0 saturated carbocycles. The summed E-state index contributed by atoms with van der Waals surface area (Å²) in [5.74, 6) is 0. The summed E-state index contributed by atoms with van der Waals surface area (Å²) in [6.07, 6.45) is 9.66. The summed E-state index contributed by atoms with van der Waals surface area (Å²) < 4.78 is 30.2. The zero-order valence-corrected chi connectivity index (χ0v) is 28.1. The average molecular weight is 583 g/mol. The molecule has 0 aliphatic rings. The second-order valence-electron chi connectivity index (χ2n) is 8.45. The van der Waals surface area contributed by atoms with Crippen LogP contribution in [-0.4, -0.2) is 119 Å². The van der Waals surface area contributed by atoms with E-state index in [9.17, 15) is 15.3 Å². The van der Waals surface area contributed by atoms with E-state index >= 15 is 0 Å². The molecule has 35 heavy (non-hydrogen) atoms. The number of rotatable bonds is 13. The molecule has 0 atom stereocenters. The predicted octanol–water partition coefficient (Wildman–Crippen LogP) is 0.568. The Hall–Kier alpha value is -0.676. The quantitative estimate of drug-likeness (QED) is 0.212. The minimum Gasteiger partial charge on any atom is -0.399 e. The van der Waals surface area contributed by atoms with Gasteiger partial charge in [0.15, 0.2) is 8.07 Å². The van der Waals surface area contributed by atoms with Crippen LogP contribution < -0.4 is 0 Å². The van der Waals surface area contributed by atoms with E-state index in [1.165, 1.54) is 0 Å². The van der Waals surface area contributed by atoms with Crippen molar-refractivity contribution in [1.82, 2.24) is 0 Å². The molecule has 0 bridgehead atoms. The first-order chi connectivity index (χ1) is 16.2. The lowest BCUT2D eigenvalue weighted by atomic mass is 11.2. The fourth-order valence-corrected chi connectivity index (χ4v) is 9.82. The van der Waals surface area contributed by atoms with E-state index in [-0.39, 0.29) is 18.7 Å². The van der Waals surface area contributed by atoms with Crippen LogP contribution >= 0.6 is 0 Å². The minimum atomic E-state index is -2.74. The first-order valence-electron chi connectivity index (χ1n) is 10.7. The molecular weight excluding hydrogens is 537 g/mol. The molecule has 9 nitrogen and oxygen atoms in total. The average Bonchev–Trinajstić information content (AvgIpc) is 2.88. The van der Waals surface area contributed by atoms with E-state index < -0.39 is 42.6 Å². The predicted molar refractivity (Wildman–Crippen MR) is 153 cm³/mol.